The molecule has 0 fully saturated rings. The number of rotatable bonds is 6. The first-order valence-corrected chi connectivity index (χ1v) is 8.99. The van der Waals surface area contributed by atoms with Crippen molar-refractivity contribution < 1.29 is 18.1 Å². The molecule has 0 atom stereocenters. The zero-order valence-electron chi connectivity index (χ0n) is 16.1. The summed E-state index contributed by atoms with van der Waals surface area (Å²) in [5, 5.41) is 14.3. The Hall–Kier alpha value is -3.69. The second-order valence-electron chi connectivity index (χ2n) is 6.40. The molecule has 156 valence electrons. The quantitative estimate of drug-likeness (QED) is 0.414. The van der Waals surface area contributed by atoms with Gasteiger partial charge in [-0.2, -0.15) is 13.2 Å². The monoisotopic (exact) mass is 417 g/mol. The number of aryl methyl sites for hydroxylation is 1. The van der Waals surface area contributed by atoms with Gasteiger partial charge in [0.25, 0.3) is 0 Å². The van der Waals surface area contributed by atoms with Crippen molar-refractivity contribution in [3.8, 4) is 0 Å². The Morgan fingerprint density at radius 1 is 1.13 bits per heavy atom. The molecule has 1 heterocycles. The molecule has 0 unspecified atom stereocenters. The van der Waals surface area contributed by atoms with Gasteiger partial charge in [-0.1, -0.05) is 24.3 Å². The van der Waals surface area contributed by atoms with Crippen LogP contribution in [0.15, 0.2) is 54.9 Å². The van der Waals surface area contributed by atoms with E-state index in [9.17, 15) is 23.3 Å². The van der Waals surface area contributed by atoms with Gasteiger partial charge in [0.2, 0.25) is 11.6 Å². The summed E-state index contributed by atoms with van der Waals surface area (Å²) in [5.41, 5.74) is -0.194. The molecular formula is C20H18F3N5O2. The fourth-order valence-corrected chi connectivity index (χ4v) is 3.04. The van der Waals surface area contributed by atoms with Crippen molar-refractivity contribution in [1.82, 2.24) is 9.97 Å². The van der Waals surface area contributed by atoms with Gasteiger partial charge < -0.3 is 10.2 Å². The van der Waals surface area contributed by atoms with E-state index in [0.29, 0.717) is 12.2 Å². The van der Waals surface area contributed by atoms with Crippen LogP contribution in [0.25, 0.3) is 0 Å². The number of para-hydroxylation sites is 1. The number of nitrogens with zero attached hydrogens (tertiary/aromatic N) is 4. The Balaban J connectivity index is 2.12. The highest BCUT2D eigenvalue weighted by Crippen LogP contribution is 2.40. The number of alkyl halides is 3. The predicted molar refractivity (Wildman–Crippen MR) is 107 cm³/mol. The summed E-state index contributed by atoms with van der Waals surface area (Å²) in [6, 6.07) is 12.0. The zero-order chi connectivity index (χ0) is 21.9. The molecule has 2 aromatic carbocycles. The van der Waals surface area contributed by atoms with Crippen molar-refractivity contribution in [3.05, 3.63) is 76.1 Å². The van der Waals surface area contributed by atoms with E-state index in [1.807, 2.05) is 19.1 Å². The standard InChI is InChI=1S/C20H18F3N5O2/c1-3-27(14-8-6-7-13(2)11-14)19-17(28(29)30)18(24-12-25-19)26-16-10-5-4-9-15(16)20(21,22)23/h4-12H,3H2,1-2H3,(H,24,25,26). The summed E-state index contributed by atoms with van der Waals surface area (Å²) in [4.78, 5) is 20.7. The topological polar surface area (TPSA) is 84.2 Å². The summed E-state index contributed by atoms with van der Waals surface area (Å²) >= 11 is 0. The fraction of sp³-hybridized carbons (Fsp3) is 0.200. The third-order valence-electron chi connectivity index (χ3n) is 4.36. The van der Waals surface area contributed by atoms with E-state index in [0.717, 1.165) is 18.0 Å². The van der Waals surface area contributed by atoms with Gasteiger partial charge in [0.05, 0.1) is 16.2 Å². The lowest BCUT2D eigenvalue weighted by Gasteiger charge is -2.23. The van der Waals surface area contributed by atoms with Crippen LogP contribution in [0.1, 0.15) is 18.1 Å². The normalized spacial score (nSPS) is 11.2. The smallest absolute Gasteiger partial charge is 0.334 e. The van der Waals surface area contributed by atoms with Crippen LogP contribution >= 0.6 is 0 Å². The number of anilines is 4. The average Bonchev–Trinajstić information content (AvgIpc) is 2.68. The van der Waals surface area contributed by atoms with E-state index >= 15 is 0 Å². The summed E-state index contributed by atoms with van der Waals surface area (Å²) in [6.07, 6.45) is -3.55. The SMILES string of the molecule is CCN(c1cccc(C)c1)c1ncnc(Nc2ccccc2C(F)(F)F)c1[N+](=O)[O-]. The molecule has 7 nitrogen and oxygen atoms in total. The Kier molecular flexibility index (Phi) is 5.86. The van der Waals surface area contributed by atoms with Crippen molar-refractivity contribution in [2.75, 3.05) is 16.8 Å². The Labute approximate surface area is 170 Å². The van der Waals surface area contributed by atoms with Gasteiger partial charge in [-0.3, -0.25) is 10.1 Å². The van der Waals surface area contributed by atoms with Gasteiger partial charge in [-0.25, -0.2) is 9.97 Å². The molecule has 0 amide bonds. The number of hydrogen-bond acceptors (Lipinski definition) is 6. The maximum atomic E-state index is 13.3. The third kappa shape index (κ3) is 4.32. The van der Waals surface area contributed by atoms with Crippen LogP contribution in [-0.4, -0.2) is 21.4 Å². The molecule has 30 heavy (non-hydrogen) atoms. The van der Waals surface area contributed by atoms with Gasteiger partial charge in [0, 0.05) is 12.2 Å². The molecule has 0 aliphatic carbocycles. The van der Waals surface area contributed by atoms with Crippen molar-refractivity contribution in [2.45, 2.75) is 20.0 Å². The Morgan fingerprint density at radius 3 is 2.50 bits per heavy atom. The molecule has 0 aliphatic rings. The Morgan fingerprint density at radius 2 is 1.87 bits per heavy atom. The number of aromatic nitrogens is 2. The van der Waals surface area contributed by atoms with Crippen LogP contribution in [0.4, 0.5) is 41.9 Å². The first kappa shape index (κ1) is 21.0. The number of halogens is 3. The van der Waals surface area contributed by atoms with Crippen molar-refractivity contribution in [1.29, 1.82) is 0 Å². The molecule has 3 aromatic rings. The third-order valence-corrected chi connectivity index (χ3v) is 4.36. The van der Waals surface area contributed by atoms with Crippen LogP contribution in [0, 0.1) is 17.0 Å². The molecule has 0 spiro atoms. The van der Waals surface area contributed by atoms with Crippen LogP contribution in [0.3, 0.4) is 0 Å². The minimum Gasteiger partial charge on any atom is -0.334 e. The highest BCUT2D eigenvalue weighted by molar-refractivity contribution is 5.79. The van der Waals surface area contributed by atoms with Crippen LogP contribution in [0.2, 0.25) is 0 Å². The molecule has 0 saturated carbocycles. The van der Waals surface area contributed by atoms with Gasteiger partial charge in [0.15, 0.2) is 0 Å². The lowest BCUT2D eigenvalue weighted by molar-refractivity contribution is -0.383. The van der Waals surface area contributed by atoms with Crippen LogP contribution in [0.5, 0.6) is 0 Å². The second-order valence-corrected chi connectivity index (χ2v) is 6.40. The largest absolute Gasteiger partial charge is 0.418 e. The molecule has 1 N–H and O–H groups in total. The molecule has 10 heteroatoms. The van der Waals surface area contributed by atoms with Gasteiger partial charge in [0.1, 0.15) is 6.33 Å². The Bertz CT molecular complexity index is 1070. The van der Waals surface area contributed by atoms with E-state index in [2.05, 4.69) is 15.3 Å². The van der Waals surface area contributed by atoms with Gasteiger partial charge in [-0.05, 0) is 43.7 Å². The average molecular weight is 417 g/mol. The maximum Gasteiger partial charge on any atom is 0.418 e. The molecular weight excluding hydrogens is 399 g/mol. The minimum absolute atomic E-state index is 0.0184. The van der Waals surface area contributed by atoms with Gasteiger partial charge >= 0.3 is 11.9 Å². The first-order chi connectivity index (χ1) is 14.2. The lowest BCUT2D eigenvalue weighted by atomic mass is 10.1. The number of benzene rings is 2. The van der Waals surface area contributed by atoms with E-state index in [1.54, 1.807) is 24.0 Å². The van der Waals surface area contributed by atoms with E-state index in [4.69, 9.17) is 0 Å². The molecule has 0 bridgehead atoms. The summed E-state index contributed by atoms with van der Waals surface area (Å²) in [6.45, 7) is 4.02. The number of hydrogen-bond donors (Lipinski definition) is 1. The lowest BCUT2D eigenvalue weighted by Crippen LogP contribution is -2.20. The summed E-state index contributed by atoms with van der Waals surface area (Å²) in [7, 11) is 0. The van der Waals surface area contributed by atoms with Crippen molar-refractivity contribution in [2.24, 2.45) is 0 Å². The number of nitro groups is 1. The highest BCUT2D eigenvalue weighted by atomic mass is 19.4. The molecule has 0 saturated heterocycles. The fourth-order valence-electron chi connectivity index (χ4n) is 3.04. The molecule has 0 aliphatic heterocycles. The molecule has 1 aromatic heterocycles. The second kappa shape index (κ2) is 8.36. The van der Waals surface area contributed by atoms with Crippen LogP contribution < -0.4 is 10.2 Å². The summed E-state index contributed by atoms with van der Waals surface area (Å²) in [5.74, 6) is -0.345. The van der Waals surface area contributed by atoms with Gasteiger partial charge in [-0.15, -0.1) is 0 Å². The maximum absolute atomic E-state index is 13.3. The molecule has 0 radical (unpaired) electrons. The first-order valence-electron chi connectivity index (χ1n) is 8.99. The van der Waals surface area contributed by atoms with E-state index in [1.165, 1.54) is 18.2 Å². The number of nitrogens with one attached hydrogen (secondary N) is 1. The van der Waals surface area contributed by atoms with E-state index in [-0.39, 0.29) is 17.3 Å². The zero-order valence-corrected chi connectivity index (χ0v) is 16.1. The minimum atomic E-state index is -4.63. The van der Waals surface area contributed by atoms with Crippen LogP contribution in [-0.2, 0) is 6.18 Å². The van der Waals surface area contributed by atoms with Crippen molar-refractivity contribution in [3.63, 3.8) is 0 Å². The molecule has 3 rings (SSSR count). The predicted octanol–water partition coefficient (Wildman–Crippen LogP) is 5.61. The van der Waals surface area contributed by atoms with Crippen molar-refractivity contribution >= 4 is 28.7 Å². The van der Waals surface area contributed by atoms with E-state index < -0.39 is 22.4 Å². The summed E-state index contributed by atoms with van der Waals surface area (Å²) < 4.78 is 39.9. The highest BCUT2D eigenvalue weighted by Gasteiger charge is 2.34.